The first kappa shape index (κ1) is 15.5. The molecule has 3 nitrogen and oxygen atoms in total. The number of amides is 1. The Morgan fingerprint density at radius 3 is 2.50 bits per heavy atom. The van der Waals surface area contributed by atoms with Crippen molar-refractivity contribution in [3.63, 3.8) is 0 Å². The summed E-state index contributed by atoms with van der Waals surface area (Å²) in [5.41, 5.74) is 3.97. The molecule has 0 atom stereocenters. The topological polar surface area (TPSA) is 42.0 Å². The highest BCUT2D eigenvalue weighted by atomic mass is 16.1. The molecule has 0 aliphatic heterocycles. The lowest BCUT2D eigenvalue weighted by atomic mass is 10.1. The van der Waals surface area contributed by atoms with E-state index >= 15 is 0 Å². The monoisotopic (exact) mass is 312 g/mol. The molecule has 0 saturated heterocycles. The maximum absolute atomic E-state index is 12.3. The van der Waals surface area contributed by atoms with E-state index in [0.29, 0.717) is 11.3 Å². The van der Waals surface area contributed by atoms with Gasteiger partial charge >= 0.3 is 0 Å². The number of benzene rings is 2. The molecule has 1 heterocycles. The maximum Gasteiger partial charge on any atom is 0.257 e. The molecule has 0 aliphatic rings. The molecule has 1 aromatic heterocycles. The molecule has 0 saturated carbocycles. The van der Waals surface area contributed by atoms with E-state index < -0.39 is 0 Å². The highest BCUT2D eigenvalue weighted by molar-refractivity contribution is 6.05. The second kappa shape index (κ2) is 7.26. The summed E-state index contributed by atoms with van der Waals surface area (Å²) in [5.74, 6) is 6.05. The van der Waals surface area contributed by atoms with Gasteiger partial charge in [0.1, 0.15) is 0 Å². The van der Waals surface area contributed by atoms with Crippen LogP contribution in [0.2, 0.25) is 0 Å². The van der Waals surface area contributed by atoms with E-state index in [-0.39, 0.29) is 5.91 Å². The predicted octanol–water partition coefficient (Wildman–Crippen LogP) is 4.04. The molecule has 24 heavy (non-hydrogen) atoms. The second-order valence-electron chi connectivity index (χ2n) is 5.34. The Morgan fingerprint density at radius 2 is 1.71 bits per heavy atom. The molecule has 3 heteroatoms. The largest absolute Gasteiger partial charge is 0.322 e. The van der Waals surface area contributed by atoms with Crippen molar-refractivity contribution in [2.75, 3.05) is 5.32 Å². The number of hydrogen-bond donors (Lipinski definition) is 1. The Morgan fingerprint density at radius 1 is 0.958 bits per heavy atom. The van der Waals surface area contributed by atoms with E-state index in [1.807, 2.05) is 67.6 Å². The molecule has 1 amide bonds. The van der Waals surface area contributed by atoms with E-state index in [9.17, 15) is 4.79 Å². The number of anilines is 1. The number of aryl methyl sites for hydroxylation is 1. The second-order valence-corrected chi connectivity index (χ2v) is 5.34. The van der Waals surface area contributed by atoms with Gasteiger partial charge in [0, 0.05) is 29.2 Å². The smallest absolute Gasteiger partial charge is 0.257 e. The predicted molar refractivity (Wildman–Crippen MR) is 95.8 cm³/mol. The van der Waals surface area contributed by atoms with Crippen LogP contribution in [0.25, 0.3) is 0 Å². The molecule has 3 aromatic rings. The fraction of sp³-hybridized carbons (Fsp3) is 0.0476. The first-order chi connectivity index (χ1) is 11.7. The van der Waals surface area contributed by atoms with E-state index in [0.717, 1.165) is 16.7 Å². The molecule has 0 fully saturated rings. The number of rotatable bonds is 2. The van der Waals surface area contributed by atoms with E-state index in [1.165, 1.54) is 0 Å². The Balaban J connectivity index is 1.78. The zero-order valence-corrected chi connectivity index (χ0v) is 13.3. The van der Waals surface area contributed by atoms with Crippen LogP contribution in [0.5, 0.6) is 0 Å². The van der Waals surface area contributed by atoms with Gasteiger partial charge in [0.2, 0.25) is 0 Å². The molecule has 2 aromatic carbocycles. The van der Waals surface area contributed by atoms with Crippen LogP contribution < -0.4 is 5.32 Å². The molecule has 0 bridgehead atoms. The summed E-state index contributed by atoms with van der Waals surface area (Å²) in [6.45, 7) is 1.89. The number of carbonyl (C=O) groups is 1. The molecule has 3 rings (SSSR count). The lowest BCUT2D eigenvalue weighted by molar-refractivity contribution is 0.102. The van der Waals surface area contributed by atoms with Crippen molar-refractivity contribution in [1.29, 1.82) is 0 Å². The third-order valence-corrected chi connectivity index (χ3v) is 3.53. The van der Waals surface area contributed by atoms with Gasteiger partial charge in [-0.15, -0.1) is 0 Å². The van der Waals surface area contributed by atoms with Crippen molar-refractivity contribution in [3.05, 3.63) is 95.3 Å². The number of aromatic nitrogens is 1. The van der Waals surface area contributed by atoms with Gasteiger partial charge in [-0.2, -0.15) is 0 Å². The normalized spacial score (nSPS) is 9.71. The lowest BCUT2D eigenvalue weighted by Crippen LogP contribution is -2.13. The molecule has 116 valence electrons. The van der Waals surface area contributed by atoms with Gasteiger partial charge in [-0.3, -0.25) is 9.78 Å². The number of pyridine rings is 1. The molecule has 0 unspecified atom stereocenters. The van der Waals surface area contributed by atoms with Gasteiger partial charge in [0.25, 0.3) is 5.91 Å². The van der Waals surface area contributed by atoms with Crippen molar-refractivity contribution in [1.82, 2.24) is 4.98 Å². The minimum absolute atomic E-state index is 0.172. The Kier molecular flexibility index (Phi) is 4.69. The fourth-order valence-electron chi connectivity index (χ4n) is 2.24. The molecule has 0 aliphatic carbocycles. The van der Waals surface area contributed by atoms with Crippen LogP contribution in [-0.4, -0.2) is 10.9 Å². The zero-order valence-electron chi connectivity index (χ0n) is 13.3. The van der Waals surface area contributed by atoms with Crippen LogP contribution in [0.4, 0.5) is 5.69 Å². The number of carbonyl (C=O) groups excluding carboxylic acids is 1. The average Bonchev–Trinajstić information content (AvgIpc) is 2.61. The number of nitrogens with one attached hydrogen (secondary N) is 1. The third kappa shape index (κ3) is 3.88. The van der Waals surface area contributed by atoms with Crippen LogP contribution in [0.3, 0.4) is 0 Å². The minimum Gasteiger partial charge on any atom is -0.322 e. The summed E-state index contributed by atoms with van der Waals surface area (Å²) < 4.78 is 0. The van der Waals surface area contributed by atoms with E-state index in [4.69, 9.17) is 0 Å². The number of hydrogen-bond acceptors (Lipinski definition) is 2. The van der Waals surface area contributed by atoms with Crippen LogP contribution in [0.1, 0.15) is 27.0 Å². The van der Waals surface area contributed by atoms with Gasteiger partial charge in [-0.25, -0.2) is 0 Å². The SMILES string of the molecule is Cc1ccncc1C(=O)Nc1cccc(C#Cc2ccccc2)c1. The van der Waals surface area contributed by atoms with E-state index in [2.05, 4.69) is 22.1 Å². The minimum atomic E-state index is -0.172. The molecular formula is C21H16N2O. The van der Waals surface area contributed by atoms with Crippen LogP contribution in [0, 0.1) is 18.8 Å². The van der Waals surface area contributed by atoms with Crippen molar-refractivity contribution in [2.45, 2.75) is 6.92 Å². The average molecular weight is 312 g/mol. The highest BCUT2D eigenvalue weighted by Gasteiger charge is 2.09. The first-order valence-corrected chi connectivity index (χ1v) is 7.61. The molecular weight excluding hydrogens is 296 g/mol. The summed E-state index contributed by atoms with van der Waals surface area (Å²) in [6.07, 6.45) is 3.25. The van der Waals surface area contributed by atoms with Crippen molar-refractivity contribution >= 4 is 11.6 Å². The Bertz CT molecular complexity index is 921. The van der Waals surface area contributed by atoms with E-state index in [1.54, 1.807) is 12.4 Å². The summed E-state index contributed by atoms with van der Waals surface area (Å²) in [6, 6.07) is 19.1. The summed E-state index contributed by atoms with van der Waals surface area (Å²) in [7, 11) is 0. The van der Waals surface area contributed by atoms with Crippen molar-refractivity contribution in [3.8, 4) is 11.8 Å². The molecule has 0 spiro atoms. The highest BCUT2D eigenvalue weighted by Crippen LogP contribution is 2.13. The van der Waals surface area contributed by atoms with Gasteiger partial charge in [0.15, 0.2) is 0 Å². The summed E-state index contributed by atoms with van der Waals surface area (Å²) in [4.78, 5) is 16.3. The van der Waals surface area contributed by atoms with Crippen molar-refractivity contribution in [2.24, 2.45) is 0 Å². The number of nitrogens with zero attached hydrogens (tertiary/aromatic N) is 1. The quantitative estimate of drug-likeness (QED) is 0.726. The van der Waals surface area contributed by atoms with Gasteiger partial charge < -0.3 is 5.32 Å². The first-order valence-electron chi connectivity index (χ1n) is 7.61. The van der Waals surface area contributed by atoms with Crippen molar-refractivity contribution < 1.29 is 4.79 Å². The molecule has 1 N–H and O–H groups in total. The third-order valence-electron chi connectivity index (χ3n) is 3.53. The van der Waals surface area contributed by atoms with Gasteiger partial charge in [0.05, 0.1) is 5.56 Å². The summed E-state index contributed by atoms with van der Waals surface area (Å²) >= 11 is 0. The van der Waals surface area contributed by atoms with Crippen LogP contribution in [-0.2, 0) is 0 Å². The van der Waals surface area contributed by atoms with Crippen LogP contribution >= 0.6 is 0 Å². The summed E-state index contributed by atoms with van der Waals surface area (Å²) in [5, 5.41) is 2.89. The molecule has 0 radical (unpaired) electrons. The standard InChI is InChI=1S/C21H16N2O/c1-16-12-13-22-15-20(16)21(24)23-19-9-5-8-18(14-19)11-10-17-6-3-2-4-7-17/h2-9,12-15H,1H3,(H,23,24). The van der Waals surface area contributed by atoms with Gasteiger partial charge in [-0.1, -0.05) is 36.1 Å². The maximum atomic E-state index is 12.3. The zero-order chi connectivity index (χ0) is 16.8. The Labute approximate surface area is 141 Å². The van der Waals surface area contributed by atoms with Gasteiger partial charge in [-0.05, 0) is 48.9 Å². The van der Waals surface area contributed by atoms with Crippen LogP contribution in [0.15, 0.2) is 73.1 Å². The Hall–Kier alpha value is -3.38. The fourth-order valence-corrected chi connectivity index (χ4v) is 2.24. The lowest BCUT2D eigenvalue weighted by Gasteiger charge is -2.07.